The first-order valence-electron chi connectivity index (χ1n) is 5.93. The lowest BCUT2D eigenvalue weighted by atomic mass is 10.2. The SMILES string of the molecule is CCCCC(=O)Nc1c(C)nn(C)c1C(=O)OC. The van der Waals surface area contributed by atoms with Crippen molar-refractivity contribution in [2.75, 3.05) is 12.4 Å². The van der Waals surface area contributed by atoms with E-state index in [9.17, 15) is 9.59 Å². The highest BCUT2D eigenvalue weighted by atomic mass is 16.5. The number of esters is 1. The van der Waals surface area contributed by atoms with Crippen molar-refractivity contribution in [2.45, 2.75) is 33.1 Å². The molecule has 0 aliphatic rings. The van der Waals surface area contributed by atoms with Crippen LogP contribution in [0.3, 0.4) is 0 Å². The number of hydrogen-bond acceptors (Lipinski definition) is 4. The Balaban J connectivity index is 2.94. The first-order valence-corrected chi connectivity index (χ1v) is 5.93. The smallest absolute Gasteiger partial charge is 0.358 e. The monoisotopic (exact) mass is 253 g/mol. The van der Waals surface area contributed by atoms with Crippen LogP contribution in [-0.2, 0) is 16.6 Å². The average molecular weight is 253 g/mol. The van der Waals surface area contributed by atoms with Crippen LogP contribution >= 0.6 is 0 Å². The Morgan fingerprint density at radius 1 is 1.44 bits per heavy atom. The van der Waals surface area contributed by atoms with Crippen molar-refractivity contribution in [3.8, 4) is 0 Å². The molecule has 0 unspecified atom stereocenters. The molecule has 0 bridgehead atoms. The number of aromatic nitrogens is 2. The number of methoxy groups -OCH3 is 1. The molecule has 0 radical (unpaired) electrons. The van der Waals surface area contributed by atoms with Crippen molar-refractivity contribution < 1.29 is 14.3 Å². The van der Waals surface area contributed by atoms with Gasteiger partial charge < -0.3 is 10.1 Å². The molecule has 0 spiro atoms. The van der Waals surface area contributed by atoms with Gasteiger partial charge in [0.15, 0.2) is 5.69 Å². The highest BCUT2D eigenvalue weighted by molar-refractivity contribution is 6.00. The largest absolute Gasteiger partial charge is 0.464 e. The summed E-state index contributed by atoms with van der Waals surface area (Å²) in [4.78, 5) is 23.3. The Kier molecular flexibility index (Phi) is 4.88. The summed E-state index contributed by atoms with van der Waals surface area (Å²) < 4.78 is 6.10. The molecule has 6 nitrogen and oxygen atoms in total. The van der Waals surface area contributed by atoms with Crippen molar-refractivity contribution in [1.29, 1.82) is 0 Å². The minimum atomic E-state index is -0.510. The van der Waals surface area contributed by atoms with Gasteiger partial charge in [-0.25, -0.2) is 4.79 Å². The minimum absolute atomic E-state index is 0.113. The maximum Gasteiger partial charge on any atom is 0.358 e. The topological polar surface area (TPSA) is 73.2 Å². The van der Waals surface area contributed by atoms with E-state index in [2.05, 4.69) is 15.2 Å². The second-order valence-electron chi connectivity index (χ2n) is 4.08. The normalized spacial score (nSPS) is 10.2. The summed E-state index contributed by atoms with van der Waals surface area (Å²) in [5.74, 6) is -0.623. The van der Waals surface area contributed by atoms with Crippen LogP contribution in [0, 0.1) is 6.92 Å². The highest BCUT2D eigenvalue weighted by Crippen LogP contribution is 2.20. The molecule has 1 amide bonds. The third-order valence-electron chi connectivity index (χ3n) is 2.62. The van der Waals surface area contributed by atoms with Crippen LogP contribution in [0.25, 0.3) is 0 Å². The van der Waals surface area contributed by atoms with Gasteiger partial charge in [-0.15, -0.1) is 0 Å². The average Bonchev–Trinajstić information content (AvgIpc) is 2.61. The fraction of sp³-hybridized carbons (Fsp3) is 0.583. The zero-order chi connectivity index (χ0) is 13.7. The number of carbonyl (C=O) groups is 2. The van der Waals surface area contributed by atoms with Crippen molar-refractivity contribution in [3.63, 3.8) is 0 Å². The molecule has 0 atom stereocenters. The van der Waals surface area contributed by atoms with E-state index in [1.54, 1.807) is 14.0 Å². The van der Waals surface area contributed by atoms with Gasteiger partial charge in [-0.3, -0.25) is 9.48 Å². The molecule has 0 saturated heterocycles. The van der Waals surface area contributed by atoms with E-state index in [-0.39, 0.29) is 11.6 Å². The van der Waals surface area contributed by atoms with Gasteiger partial charge in [0.2, 0.25) is 5.91 Å². The van der Waals surface area contributed by atoms with Crippen LogP contribution in [0.2, 0.25) is 0 Å². The molecule has 1 rings (SSSR count). The Labute approximate surface area is 106 Å². The lowest BCUT2D eigenvalue weighted by Gasteiger charge is -2.06. The van der Waals surface area contributed by atoms with E-state index in [4.69, 9.17) is 0 Å². The van der Waals surface area contributed by atoms with Crippen LogP contribution in [-0.4, -0.2) is 28.8 Å². The van der Waals surface area contributed by atoms with Gasteiger partial charge in [0, 0.05) is 13.5 Å². The van der Waals surface area contributed by atoms with E-state index in [1.807, 2.05) is 6.92 Å². The number of rotatable bonds is 5. The molecule has 0 aliphatic heterocycles. The zero-order valence-corrected chi connectivity index (χ0v) is 11.2. The van der Waals surface area contributed by atoms with Crippen molar-refractivity contribution >= 4 is 17.6 Å². The Hall–Kier alpha value is -1.85. The fourth-order valence-corrected chi connectivity index (χ4v) is 1.68. The van der Waals surface area contributed by atoms with Crippen LogP contribution in [0.4, 0.5) is 5.69 Å². The maximum absolute atomic E-state index is 11.7. The molecule has 0 aromatic carbocycles. The molecule has 0 saturated carbocycles. The van der Waals surface area contributed by atoms with Gasteiger partial charge in [-0.2, -0.15) is 5.10 Å². The number of aryl methyl sites for hydroxylation is 2. The van der Waals surface area contributed by atoms with E-state index < -0.39 is 5.97 Å². The maximum atomic E-state index is 11.7. The van der Waals surface area contributed by atoms with E-state index in [0.29, 0.717) is 17.8 Å². The molecule has 1 aromatic heterocycles. The number of amides is 1. The minimum Gasteiger partial charge on any atom is -0.464 e. The van der Waals surface area contributed by atoms with Gasteiger partial charge in [0.05, 0.1) is 18.5 Å². The highest BCUT2D eigenvalue weighted by Gasteiger charge is 2.21. The number of anilines is 1. The zero-order valence-electron chi connectivity index (χ0n) is 11.2. The molecule has 6 heteroatoms. The summed E-state index contributed by atoms with van der Waals surface area (Å²) in [7, 11) is 2.94. The standard InChI is InChI=1S/C12H19N3O3/c1-5-6-7-9(16)13-10-8(2)14-15(3)11(10)12(17)18-4/h5-7H2,1-4H3,(H,13,16). The molecular formula is C12H19N3O3. The second-order valence-corrected chi connectivity index (χ2v) is 4.08. The summed E-state index contributed by atoms with van der Waals surface area (Å²) in [5, 5.41) is 6.84. The number of ether oxygens (including phenoxy) is 1. The third-order valence-corrected chi connectivity index (χ3v) is 2.62. The first kappa shape index (κ1) is 14.2. The molecule has 1 heterocycles. The number of unbranched alkanes of at least 4 members (excludes halogenated alkanes) is 1. The second kappa shape index (κ2) is 6.18. The van der Waals surface area contributed by atoms with Crippen LogP contribution in [0.1, 0.15) is 42.4 Å². The summed E-state index contributed by atoms with van der Waals surface area (Å²) in [5.41, 5.74) is 1.30. The van der Waals surface area contributed by atoms with E-state index >= 15 is 0 Å². The molecule has 0 aliphatic carbocycles. The number of nitrogens with zero attached hydrogens (tertiary/aromatic N) is 2. The van der Waals surface area contributed by atoms with Gasteiger partial charge in [-0.05, 0) is 13.3 Å². The van der Waals surface area contributed by atoms with Crippen molar-refractivity contribution in [1.82, 2.24) is 9.78 Å². The van der Waals surface area contributed by atoms with Crippen molar-refractivity contribution in [3.05, 3.63) is 11.4 Å². The fourth-order valence-electron chi connectivity index (χ4n) is 1.68. The Bertz CT molecular complexity index is 452. The number of hydrogen-bond donors (Lipinski definition) is 1. The van der Waals surface area contributed by atoms with Gasteiger partial charge in [0.25, 0.3) is 0 Å². The lowest BCUT2D eigenvalue weighted by molar-refractivity contribution is -0.116. The van der Waals surface area contributed by atoms with Crippen LogP contribution in [0.15, 0.2) is 0 Å². The van der Waals surface area contributed by atoms with E-state index in [1.165, 1.54) is 11.8 Å². The molecule has 100 valence electrons. The quantitative estimate of drug-likeness (QED) is 0.810. The molecule has 1 N–H and O–H groups in total. The van der Waals surface area contributed by atoms with E-state index in [0.717, 1.165) is 12.8 Å². The summed E-state index contributed by atoms with van der Waals surface area (Å²) >= 11 is 0. The van der Waals surface area contributed by atoms with Gasteiger partial charge in [0.1, 0.15) is 0 Å². The molecule has 1 aromatic rings. The predicted octanol–water partition coefficient (Wildman–Crippen LogP) is 1.64. The molecular weight excluding hydrogens is 234 g/mol. The van der Waals surface area contributed by atoms with Gasteiger partial charge >= 0.3 is 5.97 Å². The first-order chi connectivity index (χ1) is 8.51. The lowest BCUT2D eigenvalue weighted by Crippen LogP contribution is -2.16. The Morgan fingerprint density at radius 2 is 2.11 bits per heavy atom. The number of carbonyl (C=O) groups excluding carboxylic acids is 2. The summed E-state index contributed by atoms with van der Waals surface area (Å²) in [6.45, 7) is 3.75. The third kappa shape index (κ3) is 3.09. The molecule has 0 fully saturated rings. The predicted molar refractivity (Wildman–Crippen MR) is 67.4 cm³/mol. The molecule has 18 heavy (non-hydrogen) atoms. The van der Waals surface area contributed by atoms with Crippen molar-refractivity contribution in [2.24, 2.45) is 7.05 Å². The van der Waals surface area contributed by atoms with Gasteiger partial charge in [-0.1, -0.05) is 13.3 Å². The summed E-state index contributed by atoms with van der Waals surface area (Å²) in [6, 6.07) is 0. The Morgan fingerprint density at radius 3 is 2.67 bits per heavy atom. The summed E-state index contributed by atoms with van der Waals surface area (Å²) in [6.07, 6.45) is 2.20. The number of nitrogens with one attached hydrogen (secondary N) is 1. The van der Waals surface area contributed by atoms with Crippen LogP contribution < -0.4 is 5.32 Å². The van der Waals surface area contributed by atoms with Crippen LogP contribution in [0.5, 0.6) is 0 Å².